The molecule has 138 valence electrons. The first-order valence-electron chi connectivity index (χ1n) is 9.00. The maximum atomic E-state index is 13.0. The van der Waals surface area contributed by atoms with Gasteiger partial charge >= 0.3 is 0 Å². The van der Waals surface area contributed by atoms with Crippen LogP contribution in [0.4, 0.5) is 5.69 Å². The van der Waals surface area contributed by atoms with Gasteiger partial charge in [0.1, 0.15) is 12.7 Å². The van der Waals surface area contributed by atoms with E-state index in [2.05, 4.69) is 10.1 Å². The van der Waals surface area contributed by atoms with Crippen LogP contribution >= 0.6 is 0 Å². The molecule has 1 heterocycles. The summed E-state index contributed by atoms with van der Waals surface area (Å²) < 4.78 is 1.69. The Morgan fingerprint density at radius 3 is 2.44 bits per heavy atom. The second-order valence-corrected chi connectivity index (χ2v) is 6.81. The van der Waals surface area contributed by atoms with Crippen LogP contribution in [-0.4, -0.2) is 26.7 Å². The number of carbonyl (C=O) groups excluding carboxylic acids is 1. The quantitative estimate of drug-likeness (QED) is 0.636. The van der Waals surface area contributed by atoms with E-state index in [9.17, 15) is 4.79 Å². The summed E-state index contributed by atoms with van der Waals surface area (Å²) in [7, 11) is 0. The molecule has 2 aromatic carbocycles. The first-order valence-corrected chi connectivity index (χ1v) is 9.00. The van der Waals surface area contributed by atoms with Gasteiger partial charge in [-0.05, 0) is 62.6 Å². The number of rotatable bonds is 5. The summed E-state index contributed by atoms with van der Waals surface area (Å²) in [5.74, 6) is -0.0337. The van der Waals surface area contributed by atoms with Gasteiger partial charge in [0.2, 0.25) is 0 Å². The molecule has 0 aliphatic carbocycles. The van der Waals surface area contributed by atoms with Gasteiger partial charge in [-0.2, -0.15) is 5.10 Å². The lowest BCUT2D eigenvalue weighted by Gasteiger charge is -2.29. The minimum Gasteiger partial charge on any atom is -0.306 e. The molecule has 1 amide bonds. The van der Waals surface area contributed by atoms with Crippen LogP contribution in [0, 0.1) is 13.8 Å². The van der Waals surface area contributed by atoms with E-state index in [0.29, 0.717) is 0 Å². The lowest BCUT2D eigenvalue weighted by Crippen LogP contribution is -2.36. The van der Waals surface area contributed by atoms with Crippen molar-refractivity contribution < 1.29 is 4.79 Å². The molecule has 0 bridgehead atoms. The number of hydrogen-bond acceptors (Lipinski definition) is 3. The molecule has 0 atom stereocenters. The van der Waals surface area contributed by atoms with Gasteiger partial charge in [0.25, 0.3) is 5.91 Å². The highest BCUT2D eigenvalue weighted by molar-refractivity contribution is 6.05. The Bertz CT molecular complexity index is 938. The largest absolute Gasteiger partial charge is 0.306 e. The lowest BCUT2D eigenvalue weighted by atomic mass is 10.1. The topological polar surface area (TPSA) is 51.0 Å². The van der Waals surface area contributed by atoms with E-state index in [4.69, 9.17) is 0 Å². The normalized spacial score (nSPS) is 11.3. The number of carbonyl (C=O) groups is 1. The molecule has 0 radical (unpaired) electrons. The van der Waals surface area contributed by atoms with Crippen LogP contribution in [0.1, 0.15) is 30.5 Å². The van der Waals surface area contributed by atoms with Gasteiger partial charge in [-0.15, -0.1) is 0 Å². The molecule has 27 heavy (non-hydrogen) atoms. The zero-order chi connectivity index (χ0) is 19.4. The molecular formula is C22H24N4O. The molecule has 0 aliphatic rings. The van der Waals surface area contributed by atoms with Crippen molar-refractivity contribution in [3.05, 3.63) is 77.9 Å². The van der Waals surface area contributed by atoms with E-state index in [1.807, 2.05) is 81.1 Å². The van der Waals surface area contributed by atoms with Gasteiger partial charge in [0.05, 0.1) is 11.4 Å². The standard InChI is InChI=1S/C22H24N4O/c1-16(2)26(22-17(3)7-5-8-18(22)4)21(27)12-11-19-9-6-10-20(13-19)25-15-23-14-24-25/h5-16H,1-4H3. The van der Waals surface area contributed by atoms with E-state index in [0.717, 1.165) is 28.1 Å². The molecule has 1 aromatic heterocycles. The number of nitrogens with zero attached hydrogens (tertiary/aromatic N) is 4. The molecule has 0 spiro atoms. The maximum Gasteiger partial charge on any atom is 0.251 e. The third-order valence-corrected chi connectivity index (χ3v) is 4.41. The third-order valence-electron chi connectivity index (χ3n) is 4.41. The molecule has 0 aliphatic heterocycles. The Morgan fingerprint density at radius 1 is 1.11 bits per heavy atom. The second kappa shape index (κ2) is 7.99. The van der Waals surface area contributed by atoms with Crippen LogP contribution in [0.2, 0.25) is 0 Å². The molecule has 0 fully saturated rings. The smallest absolute Gasteiger partial charge is 0.251 e. The molecule has 5 nitrogen and oxygen atoms in total. The predicted octanol–water partition coefficient (Wildman–Crippen LogP) is 4.34. The van der Waals surface area contributed by atoms with Crippen molar-refractivity contribution in [2.24, 2.45) is 0 Å². The first kappa shape index (κ1) is 18.6. The van der Waals surface area contributed by atoms with Crippen LogP contribution in [0.25, 0.3) is 11.8 Å². The SMILES string of the molecule is Cc1cccc(C)c1N(C(=O)C=Cc1cccc(-n2cncn2)c1)C(C)C. The van der Waals surface area contributed by atoms with Crippen LogP contribution in [0.3, 0.4) is 0 Å². The number of aryl methyl sites for hydroxylation is 2. The fraction of sp³-hybridized carbons (Fsp3) is 0.227. The summed E-state index contributed by atoms with van der Waals surface area (Å²) in [4.78, 5) is 18.8. The van der Waals surface area contributed by atoms with Gasteiger partial charge in [0, 0.05) is 12.1 Å². The van der Waals surface area contributed by atoms with Crippen LogP contribution in [0.5, 0.6) is 0 Å². The number of benzene rings is 2. The number of aromatic nitrogens is 3. The Hall–Kier alpha value is -3.21. The summed E-state index contributed by atoms with van der Waals surface area (Å²) in [6, 6.07) is 14.0. The minimum absolute atomic E-state index is 0.0337. The van der Waals surface area contributed by atoms with Gasteiger partial charge in [-0.3, -0.25) is 4.79 Å². The highest BCUT2D eigenvalue weighted by Crippen LogP contribution is 2.27. The summed E-state index contributed by atoms with van der Waals surface area (Å²) >= 11 is 0. The summed E-state index contributed by atoms with van der Waals surface area (Å²) in [5, 5.41) is 4.14. The fourth-order valence-corrected chi connectivity index (χ4v) is 3.17. The van der Waals surface area contributed by atoms with Crippen molar-refractivity contribution in [3.8, 4) is 5.69 Å². The van der Waals surface area contributed by atoms with Crippen LogP contribution in [-0.2, 0) is 4.79 Å². The lowest BCUT2D eigenvalue weighted by molar-refractivity contribution is -0.114. The molecule has 5 heteroatoms. The number of anilines is 1. The van der Waals surface area contributed by atoms with Crippen molar-refractivity contribution in [3.63, 3.8) is 0 Å². The zero-order valence-corrected chi connectivity index (χ0v) is 16.1. The highest BCUT2D eigenvalue weighted by Gasteiger charge is 2.20. The first-order chi connectivity index (χ1) is 13.0. The number of amides is 1. The van der Waals surface area contributed by atoms with Gasteiger partial charge in [0.15, 0.2) is 0 Å². The monoisotopic (exact) mass is 360 g/mol. The average molecular weight is 360 g/mol. The van der Waals surface area contributed by atoms with Crippen LogP contribution in [0.15, 0.2) is 61.2 Å². The van der Waals surface area contributed by atoms with Crippen molar-refractivity contribution in [2.75, 3.05) is 4.90 Å². The van der Waals surface area contributed by atoms with Gasteiger partial charge in [-0.1, -0.05) is 30.3 Å². The average Bonchev–Trinajstić information content (AvgIpc) is 3.17. The van der Waals surface area contributed by atoms with E-state index in [1.165, 1.54) is 6.33 Å². The van der Waals surface area contributed by atoms with Crippen molar-refractivity contribution >= 4 is 17.7 Å². The Kier molecular flexibility index (Phi) is 5.50. The Balaban J connectivity index is 1.88. The number of para-hydroxylation sites is 1. The molecule has 3 aromatic rings. The molecule has 0 N–H and O–H groups in total. The minimum atomic E-state index is -0.0337. The molecule has 0 saturated carbocycles. The van der Waals surface area contributed by atoms with Crippen molar-refractivity contribution in [2.45, 2.75) is 33.7 Å². The van der Waals surface area contributed by atoms with E-state index >= 15 is 0 Å². The third kappa shape index (κ3) is 4.14. The van der Waals surface area contributed by atoms with Gasteiger partial charge in [-0.25, -0.2) is 9.67 Å². The summed E-state index contributed by atoms with van der Waals surface area (Å²) in [6.45, 7) is 8.14. The highest BCUT2D eigenvalue weighted by atomic mass is 16.2. The zero-order valence-electron chi connectivity index (χ0n) is 16.1. The summed E-state index contributed by atoms with van der Waals surface area (Å²) in [5.41, 5.74) is 5.01. The Labute approximate surface area is 160 Å². The van der Waals surface area contributed by atoms with Gasteiger partial charge < -0.3 is 4.90 Å². The molecule has 0 unspecified atom stereocenters. The van der Waals surface area contributed by atoms with Crippen molar-refractivity contribution in [1.82, 2.24) is 14.8 Å². The number of hydrogen-bond donors (Lipinski definition) is 0. The van der Waals surface area contributed by atoms with Crippen LogP contribution < -0.4 is 4.90 Å². The van der Waals surface area contributed by atoms with Crippen molar-refractivity contribution in [1.29, 1.82) is 0 Å². The van der Waals surface area contributed by atoms with E-state index in [-0.39, 0.29) is 11.9 Å². The Morgan fingerprint density at radius 2 is 1.81 bits per heavy atom. The molecular weight excluding hydrogens is 336 g/mol. The van der Waals surface area contributed by atoms with E-state index < -0.39 is 0 Å². The second-order valence-electron chi connectivity index (χ2n) is 6.81. The maximum absolute atomic E-state index is 13.0. The predicted molar refractivity (Wildman–Crippen MR) is 109 cm³/mol. The summed E-state index contributed by atoms with van der Waals surface area (Å²) in [6.07, 6.45) is 6.62. The molecule has 3 rings (SSSR count). The van der Waals surface area contributed by atoms with E-state index in [1.54, 1.807) is 17.1 Å². The fourth-order valence-electron chi connectivity index (χ4n) is 3.17. The molecule has 0 saturated heterocycles.